The molecule has 0 spiro atoms. The van der Waals surface area contributed by atoms with E-state index in [0.29, 0.717) is 18.8 Å². The van der Waals surface area contributed by atoms with Crippen LogP contribution in [0.15, 0.2) is 78.9 Å². The third kappa shape index (κ3) is 6.04. The molecule has 6 heteroatoms. The highest BCUT2D eigenvalue weighted by atomic mass is 19.4. The summed E-state index contributed by atoms with van der Waals surface area (Å²) < 4.78 is 43.4. The molecule has 1 fully saturated rings. The van der Waals surface area contributed by atoms with Crippen molar-refractivity contribution in [2.45, 2.75) is 19.1 Å². The number of ether oxygens (including phenoxy) is 1. The van der Waals surface area contributed by atoms with Crippen molar-refractivity contribution in [3.8, 4) is 5.75 Å². The van der Waals surface area contributed by atoms with Gasteiger partial charge in [0.15, 0.2) is 0 Å². The summed E-state index contributed by atoms with van der Waals surface area (Å²) in [4.78, 5) is 4.90. The fraction of sp³-hybridized carbons (Fsp3) is 0.308. The van der Waals surface area contributed by atoms with Crippen LogP contribution in [0.4, 0.5) is 18.9 Å². The van der Waals surface area contributed by atoms with Crippen LogP contribution in [-0.2, 0) is 19.1 Å². The van der Waals surface area contributed by atoms with E-state index in [1.807, 2.05) is 6.07 Å². The molecule has 0 radical (unpaired) electrons. The highest BCUT2D eigenvalue weighted by molar-refractivity contribution is 5.46. The van der Waals surface area contributed by atoms with E-state index in [0.717, 1.165) is 50.4 Å². The summed E-state index contributed by atoms with van der Waals surface area (Å²) >= 11 is 0. The summed E-state index contributed by atoms with van der Waals surface area (Å²) in [5.74, 6) is 0.448. The lowest BCUT2D eigenvalue weighted by Crippen LogP contribution is -2.45. The number of para-hydroxylation sites is 1. The Kier molecular flexibility index (Phi) is 7.00. The first-order valence-electron chi connectivity index (χ1n) is 10.9. The second-order valence-electron chi connectivity index (χ2n) is 8.04. The number of hydrogen-bond acceptors (Lipinski definition) is 3. The molecular formula is C26H27F3N2O. The third-order valence-electron chi connectivity index (χ3n) is 5.76. The van der Waals surface area contributed by atoms with Crippen molar-refractivity contribution in [2.24, 2.45) is 0 Å². The summed E-state index contributed by atoms with van der Waals surface area (Å²) in [6.07, 6.45) is -3.62. The van der Waals surface area contributed by atoms with Crippen molar-refractivity contribution >= 4 is 5.69 Å². The molecule has 1 aliphatic heterocycles. The molecule has 0 saturated carbocycles. The van der Waals surface area contributed by atoms with Crippen molar-refractivity contribution in [3.05, 3.63) is 95.6 Å². The van der Waals surface area contributed by atoms with E-state index >= 15 is 0 Å². The van der Waals surface area contributed by atoms with E-state index in [1.165, 1.54) is 23.4 Å². The van der Waals surface area contributed by atoms with Crippen LogP contribution >= 0.6 is 0 Å². The van der Waals surface area contributed by atoms with Gasteiger partial charge in [-0.1, -0.05) is 42.5 Å². The molecule has 0 unspecified atom stereocenters. The van der Waals surface area contributed by atoms with Gasteiger partial charge in [-0.15, -0.1) is 0 Å². The zero-order valence-corrected chi connectivity index (χ0v) is 17.9. The molecular weight excluding hydrogens is 413 g/mol. The summed E-state index contributed by atoms with van der Waals surface area (Å²) in [6.45, 7) is 5.50. The van der Waals surface area contributed by atoms with Crippen LogP contribution < -0.4 is 9.64 Å². The normalized spacial score (nSPS) is 15.0. The van der Waals surface area contributed by atoms with E-state index in [1.54, 1.807) is 0 Å². The van der Waals surface area contributed by atoms with Gasteiger partial charge in [0.1, 0.15) is 5.75 Å². The van der Waals surface area contributed by atoms with Gasteiger partial charge in [-0.05, 0) is 47.5 Å². The number of hydrogen-bond donors (Lipinski definition) is 0. The smallest absolute Gasteiger partial charge is 0.416 e. The first kappa shape index (κ1) is 22.2. The fourth-order valence-electron chi connectivity index (χ4n) is 3.90. The van der Waals surface area contributed by atoms with Gasteiger partial charge in [0.05, 0.1) is 12.2 Å². The molecule has 3 aromatic rings. The third-order valence-corrected chi connectivity index (χ3v) is 5.76. The first-order chi connectivity index (χ1) is 15.5. The predicted molar refractivity (Wildman–Crippen MR) is 121 cm³/mol. The Morgan fingerprint density at radius 2 is 1.34 bits per heavy atom. The summed E-state index contributed by atoms with van der Waals surface area (Å²) in [5, 5.41) is 0. The molecule has 0 amide bonds. The van der Waals surface area contributed by atoms with E-state index in [2.05, 4.69) is 58.3 Å². The largest absolute Gasteiger partial charge is 0.493 e. The van der Waals surface area contributed by atoms with Gasteiger partial charge < -0.3 is 9.64 Å². The van der Waals surface area contributed by atoms with E-state index in [4.69, 9.17) is 4.74 Å². The topological polar surface area (TPSA) is 15.7 Å². The Morgan fingerprint density at radius 1 is 0.719 bits per heavy atom. The Bertz CT molecular complexity index is 965. The number of halogens is 3. The molecule has 168 valence electrons. The zero-order chi connectivity index (χ0) is 22.4. The standard InChI is InChI=1S/C26H27F3N2O/c27-26(28,29)23-10-12-25(13-11-23)32-19-14-21-6-8-22(9-7-21)20-30-15-17-31(18-16-30)24-4-2-1-3-5-24/h1-13H,14-20H2. The van der Waals surface area contributed by atoms with Gasteiger partial charge >= 0.3 is 6.18 Å². The Hall–Kier alpha value is -2.99. The van der Waals surface area contributed by atoms with Gasteiger partial charge in [0.2, 0.25) is 0 Å². The zero-order valence-electron chi connectivity index (χ0n) is 17.9. The molecule has 32 heavy (non-hydrogen) atoms. The minimum Gasteiger partial charge on any atom is -0.493 e. The van der Waals surface area contributed by atoms with Crippen molar-refractivity contribution < 1.29 is 17.9 Å². The second-order valence-corrected chi connectivity index (χ2v) is 8.04. The van der Waals surface area contributed by atoms with Crippen LogP contribution in [0, 0.1) is 0 Å². The predicted octanol–water partition coefficient (Wildman–Crippen LogP) is 5.65. The number of rotatable bonds is 7. The van der Waals surface area contributed by atoms with Crippen LogP contribution in [0.25, 0.3) is 0 Å². The summed E-state index contributed by atoms with van der Waals surface area (Å²) in [6, 6.07) is 23.9. The first-order valence-corrected chi connectivity index (χ1v) is 10.9. The minimum atomic E-state index is -4.32. The molecule has 0 N–H and O–H groups in total. The monoisotopic (exact) mass is 440 g/mol. The maximum absolute atomic E-state index is 12.6. The number of benzene rings is 3. The maximum atomic E-state index is 12.6. The fourth-order valence-corrected chi connectivity index (χ4v) is 3.90. The Balaban J connectivity index is 1.20. The molecule has 1 aliphatic rings. The van der Waals surface area contributed by atoms with Gasteiger partial charge in [0, 0.05) is 44.8 Å². The van der Waals surface area contributed by atoms with Crippen LogP contribution in [0.3, 0.4) is 0 Å². The SMILES string of the molecule is FC(F)(F)c1ccc(OCCc2ccc(CN3CCN(c4ccccc4)CC3)cc2)cc1. The van der Waals surface area contributed by atoms with Crippen molar-refractivity contribution in [2.75, 3.05) is 37.7 Å². The molecule has 0 atom stereocenters. The Morgan fingerprint density at radius 3 is 1.97 bits per heavy atom. The van der Waals surface area contributed by atoms with E-state index < -0.39 is 11.7 Å². The molecule has 0 aliphatic carbocycles. The molecule has 1 saturated heterocycles. The molecule has 3 aromatic carbocycles. The minimum absolute atomic E-state index is 0.423. The average molecular weight is 441 g/mol. The lowest BCUT2D eigenvalue weighted by molar-refractivity contribution is -0.137. The number of nitrogens with zero attached hydrogens (tertiary/aromatic N) is 2. The van der Waals surface area contributed by atoms with Crippen LogP contribution in [0.2, 0.25) is 0 Å². The Labute approximate surface area is 187 Å². The van der Waals surface area contributed by atoms with E-state index in [-0.39, 0.29) is 0 Å². The highest BCUT2D eigenvalue weighted by Crippen LogP contribution is 2.30. The lowest BCUT2D eigenvalue weighted by Gasteiger charge is -2.36. The highest BCUT2D eigenvalue weighted by Gasteiger charge is 2.30. The molecule has 0 bridgehead atoms. The number of anilines is 1. The van der Waals surface area contributed by atoms with Gasteiger partial charge in [0.25, 0.3) is 0 Å². The van der Waals surface area contributed by atoms with Crippen molar-refractivity contribution in [3.63, 3.8) is 0 Å². The second kappa shape index (κ2) is 10.1. The van der Waals surface area contributed by atoms with E-state index in [9.17, 15) is 13.2 Å². The van der Waals surface area contributed by atoms with Crippen molar-refractivity contribution in [1.29, 1.82) is 0 Å². The molecule has 1 heterocycles. The number of piperazine rings is 1. The average Bonchev–Trinajstić information content (AvgIpc) is 2.81. The van der Waals surface area contributed by atoms with Crippen LogP contribution in [0.1, 0.15) is 16.7 Å². The van der Waals surface area contributed by atoms with Gasteiger partial charge in [-0.25, -0.2) is 0 Å². The quantitative estimate of drug-likeness (QED) is 0.472. The number of alkyl halides is 3. The molecule has 4 rings (SSSR count). The lowest BCUT2D eigenvalue weighted by atomic mass is 10.1. The summed E-state index contributed by atoms with van der Waals surface area (Å²) in [7, 11) is 0. The van der Waals surface area contributed by atoms with Gasteiger partial charge in [-0.2, -0.15) is 13.2 Å². The molecule has 0 aromatic heterocycles. The molecule has 3 nitrogen and oxygen atoms in total. The van der Waals surface area contributed by atoms with Crippen LogP contribution in [-0.4, -0.2) is 37.7 Å². The van der Waals surface area contributed by atoms with Crippen molar-refractivity contribution in [1.82, 2.24) is 4.90 Å². The van der Waals surface area contributed by atoms with Crippen LogP contribution in [0.5, 0.6) is 5.75 Å². The summed E-state index contributed by atoms with van der Waals surface area (Å²) in [5.41, 5.74) is 3.05. The van der Waals surface area contributed by atoms with Gasteiger partial charge in [-0.3, -0.25) is 4.90 Å². The maximum Gasteiger partial charge on any atom is 0.416 e.